The van der Waals surface area contributed by atoms with E-state index in [4.69, 9.17) is 18.5 Å². The van der Waals surface area contributed by atoms with Crippen LogP contribution in [0.25, 0.3) is 0 Å². The Balaban J connectivity index is 4.41. The molecule has 1 unspecified atom stereocenters. The second kappa shape index (κ2) is 39.9. The minimum absolute atomic E-state index is 0.0401. The summed E-state index contributed by atoms with van der Waals surface area (Å²) in [4.78, 5) is 37.6. The van der Waals surface area contributed by atoms with Crippen molar-refractivity contribution < 1.29 is 42.1 Å². The van der Waals surface area contributed by atoms with Crippen LogP contribution in [-0.4, -0.2) is 70.0 Å². The van der Waals surface area contributed by atoms with E-state index in [0.717, 1.165) is 70.6 Å². The number of hydrogen-bond acceptors (Lipinski definition) is 8. The maximum Gasteiger partial charge on any atom is 0.306 e. The van der Waals surface area contributed by atoms with Gasteiger partial charge in [-0.15, -0.1) is 0 Å². The molecule has 0 aliphatic carbocycles. The molecule has 0 amide bonds. The number of ether oxygens (including phenoxy) is 2. The quantitative estimate of drug-likeness (QED) is 0.0197. The third kappa shape index (κ3) is 43.0. The summed E-state index contributed by atoms with van der Waals surface area (Å²) in [5.41, 5.74) is 0. The lowest BCUT2D eigenvalue weighted by Crippen LogP contribution is -2.37. The molecule has 0 rings (SSSR count). The number of quaternary nitrogens is 1. The van der Waals surface area contributed by atoms with Gasteiger partial charge in [0, 0.05) is 12.8 Å². The van der Waals surface area contributed by atoms with Gasteiger partial charge in [-0.1, -0.05) is 151 Å². The predicted octanol–water partition coefficient (Wildman–Crippen LogP) is 12.4. The van der Waals surface area contributed by atoms with Crippen molar-refractivity contribution in [3.05, 3.63) is 72.9 Å². The molecule has 0 bridgehead atoms. The van der Waals surface area contributed by atoms with Crippen molar-refractivity contribution in [2.45, 2.75) is 174 Å². The molecule has 9 nitrogen and oxygen atoms in total. The van der Waals surface area contributed by atoms with E-state index in [2.05, 4.69) is 86.8 Å². The smallest absolute Gasteiger partial charge is 0.306 e. The van der Waals surface area contributed by atoms with E-state index in [9.17, 15) is 19.0 Å². The summed E-state index contributed by atoms with van der Waals surface area (Å²) in [6, 6.07) is 0. The molecule has 58 heavy (non-hydrogen) atoms. The molecule has 0 aliphatic heterocycles. The third-order valence-corrected chi connectivity index (χ3v) is 10.2. The zero-order valence-corrected chi connectivity index (χ0v) is 38.4. The van der Waals surface area contributed by atoms with E-state index in [1.165, 1.54) is 57.8 Å². The maximum absolute atomic E-state index is 12.7. The molecule has 0 radical (unpaired) electrons. The Morgan fingerprint density at radius 3 is 1.50 bits per heavy atom. The summed E-state index contributed by atoms with van der Waals surface area (Å²) in [5.74, 6) is -0.880. The molecule has 0 saturated heterocycles. The summed E-state index contributed by atoms with van der Waals surface area (Å²) in [5, 5.41) is 0. The van der Waals surface area contributed by atoms with Crippen molar-refractivity contribution in [3.8, 4) is 0 Å². The summed E-state index contributed by atoms with van der Waals surface area (Å²) in [7, 11) is 1.13. The number of allylic oxidation sites excluding steroid dienone is 12. The fraction of sp³-hybridized carbons (Fsp3) is 0.708. The van der Waals surface area contributed by atoms with Crippen LogP contribution >= 0.6 is 7.82 Å². The number of unbranched alkanes of at least 4 members (excludes halogenated alkanes) is 14. The van der Waals surface area contributed by atoms with Crippen LogP contribution in [0.4, 0.5) is 0 Å². The second-order valence-corrected chi connectivity index (χ2v) is 17.4. The maximum atomic E-state index is 12.7. The van der Waals surface area contributed by atoms with E-state index in [0.29, 0.717) is 23.9 Å². The summed E-state index contributed by atoms with van der Waals surface area (Å²) < 4.78 is 33.9. The first-order valence-corrected chi connectivity index (χ1v) is 24.1. The standard InChI is InChI=1S/C48H84NO8P/c1-6-8-10-12-14-16-18-20-22-23-24-25-27-28-30-32-34-36-38-40-47(50)54-44-46(45-56-58(52,53)55-43-42-49(3,4)5)57-48(51)41-39-37-35-33-31-29-26-21-19-17-15-13-11-9-7-2/h8,10,13-16,20,22,24-25,28,30,46H,6-7,9,11-12,17-19,21,23,26-27,29,31-45H2,1-5H3/b10-8+,15-13+,16-14+,22-20+,25-24+,30-28+/t46-/m1/s1. The van der Waals surface area contributed by atoms with Gasteiger partial charge >= 0.3 is 11.9 Å². The van der Waals surface area contributed by atoms with Gasteiger partial charge in [-0.25, -0.2) is 0 Å². The largest absolute Gasteiger partial charge is 0.756 e. The number of likely N-dealkylation sites (N-methyl/N-ethyl adjacent to an activating group) is 1. The first kappa shape index (κ1) is 55.5. The molecule has 334 valence electrons. The Kier molecular flexibility index (Phi) is 38.1. The van der Waals surface area contributed by atoms with Crippen LogP contribution in [0, 0.1) is 0 Å². The van der Waals surface area contributed by atoms with Gasteiger partial charge in [-0.3, -0.25) is 14.2 Å². The van der Waals surface area contributed by atoms with Gasteiger partial charge in [0.2, 0.25) is 0 Å². The summed E-state index contributed by atoms with van der Waals surface area (Å²) in [6.07, 6.45) is 49.2. The third-order valence-electron chi connectivity index (χ3n) is 9.21. The number of phosphoric ester groups is 1. The van der Waals surface area contributed by atoms with Crippen molar-refractivity contribution in [1.82, 2.24) is 0 Å². The predicted molar refractivity (Wildman–Crippen MR) is 240 cm³/mol. The molecule has 0 aliphatic rings. The Hall–Kier alpha value is -2.55. The minimum atomic E-state index is -4.64. The molecular formula is C48H84NO8P. The zero-order chi connectivity index (χ0) is 42.8. The Morgan fingerprint density at radius 1 is 0.552 bits per heavy atom. The summed E-state index contributed by atoms with van der Waals surface area (Å²) in [6.45, 7) is 4.03. The Labute approximate surface area is 355 Å². The number of hydrogen-bond donors (Lipinski definition) is 0. The fourth-order valence-electron chi connectivity index (χ4n) is 5.66. The molecule has 0 spiro atoms. The van der Waals surface area contributed by atoms with E-state index in [-0.39, 0.29) is 26.1 Å². The molecule has 0 aromatic heterocycles. The van der Waals surface area contributed by atoms with Crippen molar-refractivity contribution in [2.24, 2.45) is 0 Å². The van der Waals surface area contributed by atoms with E-state index >= 15 is 0 Å². The van der Waals surface area contributed by atoms with Crippen LogP contribution in [0.3, 0.4) is 0 Å². The minimum Gasteiger partial charge on any atom is -0.756 e. The van der Waals surface area contributed by atoms with Gasteiger partial charge in [0.1, 0.15) is 19.8 Å². The van der Waals surface area contributed by atoms with Crippen molar-refractivity contribution in [2.75, 3.05) is 47.5 Å². The normalized spacial score (nSPS) is 14.2. The van der Waals surface area contributed by atoms with E-state index in [1.54, 1.807) is 0 Å². The second-order valence-electron chi connectivity index (χ2n) is 16.0. The first-order valence-electron chi connectivity index (χ1n) is 22.6. The molecular weight excluding hydrogens is 750 g/mol. The number of esters is 2. The molecule has 2 atom stereocenters. The number of nitrogens with zero attached hydrogens (tertiary/aromatic N) is 1. The number of rotatable bonds is 40. The van der Waals surface area contributed by atoms with Gasteiger partial charge in [-0.05, 0) is 77.0 Å². The highest BCUT2D eigenvalue weighted by Gasteiger charge is 2.21. The highest BCUT2D eigenvalue weighted by Crippen LogP contribution is 2.38. The average molecular weight is 834 g/mol. The van der Waals surface area contributed by atoms with Crippen LogP contribution in [0.2, 0.25) is 0 Å². The van der Waals surface area contributed by atoms with E-state index in [1.807, 2.05) is 21.1 Å². The lowest BCUT2D eigenvalue weighted by atomic mass is 10.1. The molecule has 0 aromatic rings. The lowest BCUT2D eigenvalue weighted by molar-refractivity contribution is -0.870. The lowest BCUT2D eigenvalue weighted by Gasteiger charge is -2.28. The average Bonchev–Trinajstić information content (AvgIpc) is 3.17. The molecule has 0 N–H and O–H groups in total. The monoisotopic (exact) mass is 834 g/mol. The highest BCUT2D eigenvalue weighted by atomic mass is 31.2. The summed E-state index contributed by atoms with van der Waals surface area (Å²) >= 11 is 0. The number of carbonyl (C=O) groups is 2. The first-order chi connectivity index (χ1) is 28.0. The molecule has 10 heteroatoms. The van der Waals surface area contributed by atoms with Gasteiger partial charge in [-0.2, -0.15) is 0 Å². The molecule has 0 fully saturated rings. The Bertz CT molecular complexity index is 1220. The van der Waals surface area contributed by atoms with Gasteiger partial charge in [0.05, 0.1) is 27.7 Å². The van der Waals surface area contributed by atoms with Crippen molar-refractivity contribution in [1.29, 1.82) is 0 Å². The van der Waals surface area contributed by atoms with Gasteiger partial charge < -0.3 is 27.9 Å². The topological polar surface area (TPSA) is 111 Å². The van der Waals surface area contributed by atoms with Crippen LogP contribution in [0.5, 0.6) is 0 Å². The highest BCUT2D eigenvalue weighted by molar-refractivity contribution is 7.45. The van der Waals surface area contributed by atoms with Gasteiger partial charge in [0.15, 0.2) is 6.10 Å². The van der Waals surface area contributed by atoms with Crippen molar-refractivity contribution >= 4 is 19.8 Å². The molecule has 0 saturated carbocycles. The number of phosphoric acid groups is 1. The number of carbonyl (C=O) groups excluding carboxylic acids is 2. The van der Waals surface area contributed by atoms with Crippen molar-refractivity contribution in [3.63, 3.8) is 0 Å². The van der Waals surface area contributed by atoms with Crippen LogP contribution in [-0.2, 0) is 32.7 Å². The van der Waals surface area contributed by atoms with Crippen LogP contribution in [0.1, 0.15) is 168 Å². The van der Waals surface area contributed by atoms with E-state index < -0.39 is 32.5 Å². The molecule has 0 heterocycles. The fourth-order valence-corrected chi connectivity index (χ4v) is 6.39. The zero-order valence-electron chi connectivity index (χ0n) is 37.5. The van der Waals surface area contributed by atoms with Crippen LogP contribution in [0.15, 0.2) is 72.9 Å². The van der Waals surface area contributed by atoms with Gasteiger partial charge in [0.25, 0.3) is 7.82 Å². The Morgan fingerprint density at radius 2 is 0.983 bits per heavy atom. The van der Waals surface area contributed by atoms with Crippen LogP contribution < -0.4 is 4.89 Å². The molecule has 0 aromatic carbocycles. The SMILES string of the molecule is CC/C=C/C/C=C/C/C=C/C/C=C/C/C=C/CCCCCC(=O)OC[C@H](COP(=O)([O-])OCC[N+](C)(C)C)OC(=O)CCCCCCCCCCC/C=C/CCCC.